The van der Waals surface area contributed by atoms with E-state index in [0.717, 1.165) is 32.1 Å². The van der Waals surface area contributed by atoms with Gasteiger partial charge in [0.2, 0.25) is 29.5 Å². The Morgan fingerprint density at radius 1 is 0.755 bits per heavy atom. The van der Waals surface area contributed by atoms with Gasteiger partial charge in [-0.1, -0.05) is 46.0 Å². The van der Waals surface area contributed by atoms with Gasteiger partial charge < -0.3 is 48.9 Å². The number of nitrogens with two attached hydrogens (primary N) is 3. The molecule has 12 N–H and O–H groups in total. The third-order valence-electron chi connectivity index (χ3n) is 8.24. The van der Waals surface area contributed by atoms with Gasteiger partial charge in [0.1, 0.15) is 30.2 Å². The van der Waals surface area contributed by atoms with Crippen molar-refractivity contribution < 1.29 is 33.9 Å². The van der Waals surface area contributed by atoms with Crippen molar-refractivity contribution in [3.05, 3.63) is 0 Å². The molecule has 1 saturated carbocycles. The van der Waals surface area contributed by atoms with Crippen molar-refractivity contribution in [2.24, 2.45) is 34.0 Å². The first-order valence-corrected chi connectivity index (χ1v) is 18.5. The molecular weight excluding hydrogens is 654 g/mol. The molecule has 0 unspecified atom stereocenters. The Bertz CT molecular complexity index is 1130. The highest BCUT2D eigenvalue weighted by atomic mass is 32.2. The highest BCUT2D eigenvalue weighted by molar-refractivity contribution is 7.98. The maximum absolute atomic E-state index is 13.5. The standard InChI is InChI=1S/C32H59N9O7S/c1-18(2)16-24(41-30(46)25(40-26(42)19(3)33)17-21-10-7-6-8-11-21)29(45)37-20(4)27(43)38-22(13-15-49-5)28(44)39-23(31(47)48)12-9-14-36-32(34)35/h18-25H,6-17,33H2,1-5H3,(H,37,45)(H,38,43)(H,39,44)(H,40,42)(H,41,46)(H,47,48)(H4,34,35,36)/t19-,20-,22-,23-,24-,25-/m0/s1. The Morgan fingerprint density at radius 3 is 1.86 bits per heavy atom. The lowest BCUT2D eigenvalue weighted by Gasteiger charge is -2.29. The van der Waals surface area contributed by atoms with Gasteiger partial charge in [0.25, 0.3) is 0 Å². The van der Waals surface area contributed by atoms with Crippen molar-refractivity contribution in [1.29, 1.82) is 0 Å². The third kappa shape index (κ3) is 17.6. The minimum absolute atomic E-state index is 0.00287. The average molecular weight is 714 g/mol. The molecule has 0 aromatic rings. The lowest BCUT2D eigenvalue weighted by Crippen LogP contribution is -2.59. The number of nitrogens with one attached hydrogen (secondary N) is 5. The topological polar surface area (TPSA) is 273 Å². The first kappa shape index (κ1) is 43.4. The van der Waals surface area contributed by atoms with Gasteiger partial charge in [-0.3, -0.25) is 29.0 Å². The fourth-order valence-corrected chi connectivity index (χ4v) is 5.95. The number of carbonyl (C=O) groups is 6. The quantitative estimate of drug-likeness (QED) is 0.0399. The number of rotatable bonds is 22. The Hall–Kier alpha value is -3.60. The number of hydrogen-bond donors (Lipinski definition) is 9. The average Bonchev–Trinajstić information content (AvgIpc) is 3.03. The molecule has 0 aromatic carbocycles. The van der Waals surface area contributed by atoms with Crippen LogP contribution < -0.4 is 43.8 Å². The molecule has 1 fully saturated rings. The highest BCUT2D eigenvalue weighted by Gasteiger charge is 2.32. The molecule has 1 rings (SSSR count). The van der Waals surface area contributed by atoms with E-state index in [4.69, 9.17) is 17.2 Å². The van der Waals surface area contributed by atoms with Crippen LogP contribution in [0.15, 0.2) is 4.99 Å². The monoisotopic (exact) mass is 713 g/mol. The summed E-state index contributed by atoms with van der Waals surface area (Å²) in [5, 5.41) is 22.9. The number of carboxylic acids is 1. The van der Waals surface area contributed by atoms with E-state index in [-0.39, 0.29) is 43.6 Å². The first-order valence-electron chi connectivity index (χ1n) is 17.1. The molecule has 0 radical (unpaired) electrons. The summed E-state index contributed by atoms with van der Waals surface area (Å²) in [5.41, 5.74) is 16.4. The lowest BCUT2D eigenvalue weighted by atomic mass is 9.84. The number of carboxylic acid groups (broad SMARTS) is 1. The number of carbonyl (C=O) groups excluding carboxylic acids is 5. The van der Waals surface area contributed by atoms with E-state index >= 15 is 0 Å². The number of amides is 5. The predicted octanol–water partition coefficient (Wildman–Crippen LogP) is -0.315. The molecule has 6 atom stereocenters. The number of guanidine groups is 1. The van der Waals surface area contributed by atoms with Crippen LogP contribution in [-0.2, 0) is 28.8 Å². The molecule has 17 heteroatoms. The Labute approximate surface area is 294 Å². The minimum Gasteiger partial charge on any atom is -0.480 e. The van der Waals surface area contributed by atoms with Crippen molar-refractivity contribution in [1.82, 2.24) is 26.6 Å². The van der Waals surface area contributed by atoms with E-state index in [1.807, 2.05) is 20.1 Å². The summed E-state index contributed by atoms with van der Waals surface area (Å²) in [5.74, 6) is -3.54. The second-order valence-electron chi connectivity index (χ2n) is 13.2. The molecule has 5 amide bonds. The largest absolute Gasteiger partial charge is 0.480 e. The number of hydrogen-bond acceptors (Lipinski definition) is 9. The van der Waals surface area contributed by atoms with Gasteiger partial charge in [0.15, 0.2) is 5.96 Å². The highest BCUT2D eigenvalue weighted by Crippen LogP contribution is 2.27. The smallest absolute Gasteiger partial charge is 0.326 e. The maximum atomic E-state index is 13.5. The summed E-state index contributed by atoms with van der Waals surface area (Å²) >= 11 is 1.44. The van der Waals surface area contributed by atoms with Gasteiger partial charge in [-0.05, 0) is 69.8 Å². The van der Waals surface area contributed by atoms with E-state index in [9.17, 15) is 33.9 Å². The molecular formula is C32H59N9O7S. The van der Waals surface area contributed by atoms with Gasteiger partial charge in [-0.2, -0.15) is 11.8 Å². The fraction of sp³-hybridized carbons (Fsp3) is 0.781. The van der Waals surface area contributed by atoms with Crippen molar-refractivity contribution in [3.8, 4) is 0 Å². The van der Waals surface area contributed by atoms with Crippen LogP contribution in [0.1, 0.15) is 91.9 Å². The van der Waals surface area contributed by atoms with Crippen LogP contribution in [0.4, 0.5) is 0 Å². The van der Waals surface area contributed by atoms with Crippen LogP contribution in [-0.4, -0.2) is 101 Å². The summed E-state index contributed by atoms with van der Waals surface area (Å²) in [7, 11) is 0. The van der Waals surface area contributed by atoms with Crippen molar-refractivity contribution in [2.45, 2.75) is 128 Å². The maximum Gasteiger partial charge on any atom is 0.326 e. The number of aliphatic imine (C=N–C) groups is 1. The Morgan fingerprint density at radius 2 is 1.31 bits per heavy atom. The van der Waals surface area contributed by atoms with Crippen LogP contribution in [0.3, 0.4) is 0 Å². The van der Waals surface area contributed by atoms with Crippen LogP contribution >= 0.6 is 11.8 Å². The van der Waals surface area contributed by atoms with Gasteiger partial charge in [-0.15, -0.1) is 0 Å². The molecule has 1 aliphatic rings. The number of aliphatic carboxylic acids is 1. The third-order valence-corrected chi connectivity index (χ3v) is 8.88. The molecule has 1 aliphatic carbocycles. The Balaban J connectivity index is 2.99. The minimum atomic E-state index is -1.25. The molecule has 49 heavy (non-hydrogen) atoms. The van der Waals surface area contributed by atoms with Crippen LogP contribution in [0.5, 0.6) is 0 Å². The second kappa shape index (κ2) is 22.9. The van der Waals surface area contributed by atoms with Crippen LogP contribution in [0.2, 0.25) is 0 Å². The molecule has 0 heterocycles. The lowest BCUT2D eigenvalue weighted by molar-refractivity contribution is -0.142. The molecule has 0 aromatic heterocycles. The van der Waals surface area contributed by atoms with Gasteiger partial charge in [0, 0.05) is 6.54 Å². The van der Waals surface area contributed by atoms with Crippen molar-refractivity contribution >= 4 is 53.2 Å². The van der Waals surface area contributed by atoms with E-state index in [2.05, 4.69) is 31.6 Å². The first-order chi connectivity index (χ1) is 23.0. The van der Waals surface area contributed by atoms with Gasteiger partial charge >= 0.3 is 5.97 Å². The number of thioether (sulfide) groups is 1. The van der Waals surface area contributed by atoms with Crippen LogP contribution in [0.25, 0.3) is 0 Å². The normalized spacial score (nSPS) is 17.0. The summed E-state index contributed by atoms with van der Waals surface area (Å²) < 4.78 is 0. The summed E-state index contributed by atoms with van der Waals surface area (Å²) in [6, 6.07) is -6.10. The van der Waals surface area contributed by atoms with Gasteiger partial charge in [-0.25, -0.2) is 4.79 Å². The molecule has 0 saturated heterocycles. The zero-order valence-corrected chi connectivity index (χ0v) is 30.4. The SMILES string of the molecule is CSCC[C@H](NC(=O)[C@H](C)NC(=O)[C@H](CC(C)C)NC(=O)[C@H](CC1CCCCC1)NC(=O)[C@H](C)N)C(=O)N[C@@H](CCCN=C(N)N)C(=O)O. The summed E-state index contributed by atoms with van der Waals surface area (Å²) in [6.07, 6.45) is 8.24. The van der Waals surface area contributed by atoms with E-state index in [0.29, 0.717) is 18.6 Å². The predicted molar refractivity (Wildman–Crippen MR) is 190 cm³/mol. The molecule has 280 valence electrons. The molecule has 0 bridgehead atoms. The van der Waals surface area contributed by atoms with Crippen LogP contribution in [0, 0.1) is 11.8 Å². The van der Waals surface area contributed by atoms with E-state index < -0.39 is 71.8 Å². The van der Waals surface area contributed by atoms with E-state index in [1.54, 1.807) is 0 Å². The summed E-state index contributed by atoms with van der Waals surface area (Å²) in [4.78, 5) is 81.4. The van der Waals surface area contributed by atoms with E-state index in [1.165, 1.54) is 25.6 Å². The molecule has 0 aliphatic heterocycles. The zero-order chi connectivity index (χ0) is 37.1. The number of nitrogens with zero attached hydrogens (tertiary/aromatic N) is 1. The molecule has 0 spiro atoms. The summed E-state index contributed by atoms with van der Waals surface area (Å²) in [6.45, 7) is 6.94. The second-order valence-corrected chi connectivity index (χ2v) is 14.2. The van der Waals surface area contributed by atoms with Gasteiger partial charge in [0.05, 0.1) is 6.04 Å². The fourth-order valence-electron chi connectivity index (χ4n) is 5.48. The molecule has 16 nitrogen and oxygen atoms in total. The Kier molecular flexibility index (Phi) is 20.3. The van der Waals surface area contributed by atoms with Crippen molar-refractivity contribution in [3.63, 3.8) is 0 Å². The van der Waals surface area contributed by atoms with Crippen molar-refractivity contribution in [2.75, 3.05) is 18.6 Å². The zero-order valence-electron chi connectivity index (χ0n) is 29.6.